The topological polar surface area (TPSA) is 45.7 Å². The van der Waals surface area contributed by atoms with E-state index in [4.69, 9.17) is 4.74 Å². The summed E-state index contributed by atoms with van der Waals surface area (Å²) < 4.78 is 6.29. The van der Waals surface area contributed by atoms with E-state index in [9.17, 15) is 4.79 Å². The normalized spacial score (nSPS) is 20.8. The number of hydrogen-bond donors (Lipinski definition) is 0. The van der Waals surface area contributed by atoms with E-state index in [1.807, 2.05) is 42.6 Å². The highest BCUT2D eigenvalue weighted by molar-refractivity contribution is 7.09. The van der Waals surface area contributed by atoms with Gasteiger partial charge in [0.2, 0.25) is 0 Å². The molecule has 0 N–H and O–H groups in total. The van der Waals surface area contributed by atoms with Gasteiger partial charge in [0.25, 0.3) is 5.91 Å². The SMILES string of the molecule is CC(C)[C@H]1CN(C(=O)c2csc(CN(C)C)n2)C[C@@H](c2ccccc2)O1. The zero-order valence-corrected chi connectivity index (χ0v) is 16.7. The van der Waals surface area contributed by atoms with Gasteiger partial charge in [0.05, 0.1) is 12.6 Å². The molecule has 1 saturated heterocycles. The molecule has 0 spiro atoms. The Morgan fingerprint density at radius 1 is 1.31 bits per heavy atom. The summed E-state index contributed by atoms with van der Waals surface area (Å²) in [6.45, 7) is 6.20. The van der Waals surface area contributed by atoms with Crippen LogP contribution in [0.15, 0.2) is 35.7 Å². The maximum atomic E-state index is 13.0. The average Bonchev–Trinajstić information content (AvgIpc) is 3.09. The number of ether oxygens (including phenoxy) is 1. The molecule has 1 aromatic heterocycles. The van der Waals surface area contributed by atoms with Crippen LogP contribution in [0.5, 0.6) is 0 Å². The quantitative estimate of drug-likeness (QED) is 0.805. The number of nitrogens with zero attached hydrogens (tertiary/aromatic N) is 3. The van der Waals surface area contributed by atoms with Crippen LogP contribution in [0.1, 0.15) is 41.0 Å². The van der Waals surface area contributed by atoms with E-state index in [0.717, 1.165) is 17.1 Å². The first-order chi connectivity index (χ1) is 12.4. The summed E-state index contributed by atoms with van der Waals surface area (Å²) in [6.07, 6.45) is -0.0704. The lowest BCUT2D eigenvalue weighted by Crippen LogP contribution is -2.48. The van der Waals surface area contributed by atoms with Crippen LogP contribution in [0.4, 0.5) is 0 Å². The largest absolute Gasteiger partial charge is 0.366 e. The van der Waals surface area contributed by atoms with E-state index >= 15 is 0 Å². The molecule has 1 aliphatic heterocycles. The predicted molar refractivity (Wildman–Crippen MR) is 104 cm³/mol. The molecular weight excluding hydrogens is 346 g/mol. The van der Waals surface area contributed by atoms with Gasteiger partial charge in [-0.1, -0.05) is 44.2 Å². The van der Waals surface area contributed by atoms with Crippen molar-refractivity contribution in [2.45, 2.75) is 32.6 Å². The van der Waals surface area contributed by atoms with E-state index < -0.39 is 0 Å². The number of rotatable bonds is 5. The third-order valence-electron chi connectivity index (χ3n) is 4.55. The minimum absolute atomic E-state index is 0.00105. The number of hydrogen-bond acceptors (Lipinski definition) is 5. The van der Waals surface area contributed by atoms with Crippen LogP contribution in [0.25, 0.3) is 0 Å². The van der Waals surface area contributed by atoms with Crippen molar-refractivity contribution in [2.24, 2.45) is 5.92 Å². The van der Waals surface area contributed by atoms with Gasteiger partial charge in [-0.3, -0.25) is 4.79 Å². The molecule has 1 aromatic carbocycles. The van der Waals surface area contributed by atoms with Crippen LogP contribution in [0.3, 0.4) is 0 Å². The average molecular weight is 374 g/mol. The highest BCUT2D eigenvalue weighted by Gasteiger charge is 2.34. The third kappa shape index (κ3) is 4.50. The Labute approximate surface area is 159 Å². The number of aromatic nitrogens is 1. The minimum atomic E-state index is -0.0961. The molecule has 1 amide bonds. The van der Waals surface area contributed by atoms with Crippen molar-refractivity contribution in [1.29, 1.82) is 0 Å². The molecule has 0 saturated carbocycles. The van der Waals surface area contributed by atoms with Gasteiger partial charge < -0.3 is 14.5 Å². The van der Waals surface area contributed by atoms with Crippen LogP contribution in [0.2, 0.25) is 0 Å². The Morgan fingerprint density at radius 3 is 2.69 bits per heavy atom. The smallest absolute Gasteiger partial charge is 0.273 e. The predicted octanol–water partition coefficient (Wildman–Crippen LogP) is 3.44. The fourth-order valence-corrected chi connectivity index (χ4v) is 3.97. The van der Waals surface area contributed by atoms with Gasteiger partial charge in [-0.05, 0) is 25.6 Å². The lowest BCUT2D eigenvalue weighted by Gasteiger charge is -2.39. The van der Waals surface area contributed by atoms with Crippen molar-refractivity contribution < 1.29 is 9.53 Å². The Kier molecular flexibility index (Phi) is 6.06. The molecule has 26 heavy (non-hydrogen) atoms. The van der Waals surface area contributed by atoms with Crippen molar-refractivity contribution in [1.82, 2.24) is 14.8 Å². The zero-order chi connectivity index (χ0) is 18.7. The molecule has 2 atom stereocenters. The van der Waals surface area contributed by atoms with Gasteiger partial charge >= 0.3 is 0 Å². The van der Waals surface area contributed by atoms with Gasteiger partial charge in [-0.15, -0.1) is 11.3 Å². The van der Waals surface area contributed by atoms with Crippen molar-refractivity contribution >= 4 is 17.2 Å². The lowest BCUT2D eigenvalue weighted by molar-refractivity contribution is -0.0955. The van der Waals surface area contributed by atoms with Crippen LogP contribution in [0, 0.1) is 5.92 Å². The fourth-order valence-electron chi connectivity index (χ4n) is 3.09. The summed E-state index contributed by atoms with van der Waals surface area (Å²) in [4.78, 5) is 21.5. The fraction of sp³-hybridized carbons (Fsp3) is 0.500. The molecule has 2 aromatic rings. The second-order valence-corrected chi connectivity index (χ2v) is 8.33. The van der Waals surface area contributed by atoms with E-state index in [-0.39, 0.29) is 18.1 Å². The van der Waals surface area contributed by atoms with Gasteiger partial charge in [0.15, 0.2) is 0 Å². The van der Waals surface area contributed by atoms with E-state index in [1.165, 1.54) is 0 Å². The summed E-state index contributed by atoms with van der Waals surface area (Å²) in [6, 6.07) is 10.1. The maximum Gasteiger partial charge on any atom is 0.273 e. The van der Waals surface area contributed by atoms with Crippen LogP contribution < -0.4 is 0 Å². The molecule has 5 nitrogen and oxygen atoms in total. The van der Waals surface area contributed by atoms with Gasteiger partial charge in [-0.2, -0.15) is 0 Å². The lowest BCUT2D eigenvalue weighted by atomic mass is 10.0. The summed E-state index contributed by atoms with van der Waals surface area (Å²) in [5, 5.41) is 2.84. The molecule has 140 valence electrons. The van der Waals surface area contributed by atoms with Gasteiger partial charge in [-0.25, -0.2) is 4.98 Å². The molecular formula is C20H27N3O2S. The van der Waals surface area contributed by atoms with Crippen molar-refractivity contribution in [3.8, 4) is 0 Å². The number of thiazole rings is 1. The monoisotopic (exact) mass is 373 g/mol. The number of carbonyl (C=O) groups excluding carboxylic acids is 1. The van der Waals surface area contributed by atoms with Gasteiger partial charge in [0, 0.05) is 18.5 Å². The standard InChI is InChI=1S/C20H27N3O2S/c1-14(2)17-10-23(11-18(25-17)15-8-6-5-7-9-15)20(24)16-13-26-19(21-16)12-22(3)4/h5-9,13-14,17-18H,10-12H2,1-4H3/t17-,18+/m1/s1. The Bertz CT molecular complexity index is 730. The molecule has 0 radical (unpaired) electrons. The first-order valence-corrected chi connectivity index (χ1v) is 9.91. The first kappa shape index (κ1) is 19.0. The summed E-state index contributed by atoms with van der Waals surface area (Å²) in [5.74, 6) is 0.345. The van der Waals surface area contributed by atoms with Crippen LogP contribution in [-0.4, -0.2) is 54.0 Å². The second-order valence-electron chi connectivity index (χ2n) is 7.39. The molecule has 3 rings (SSSR count). The Hall–Kier alpha value is -1.76. The number of morpholine rings is 1. The van der Waals surface area contributed by atoms with E-state index in [1.54, 1.807) is 11.3 Å². The molecule has 1 fully saturated rings. The summed E-state index contributed by atoms with van der Waals surface area (Å²) in [7, 11) is 4.01. The number of carbonyl (C=O) groups is 1. The number of amides is 1. The summed E-state index contributed by atoms with van der Waals surface area (Å²) >= 11 is 1.54. The molecule has 6 heteroatoms. The Balaban J connectivity index is 1.78. The molecule has 0 aliphatic carbocycles. The Morgan fingerprint density at radius 2 is 2.04 bits per heavy atom. The minimum Gasteiger partial charge on any atom is -0.366 e. The van der Waals surface area contributed by atoms with E-state index in [2.05, 4.69) is 35.9 Å². The molecule has 2 heterocycles. The first-order valence-electron chi connectivity index (χ1n) is 9.03. The van der Waals surface area contributed by atoms with E-state index in [0.29, 0.717) is 24.7 Å². The van der Waals surface area contributed by atoms with Gasteiger partial charge in [0.1, 0.15) is 16.8 Å². The van der Waals surface area contributed by atoms with Crippen LogP contribution in [-0.2, 0) is 11.3 Å². The molecule has 0 unspecified atom stereocenters. The second kappa shape index (κ2) is 8.29. The van der Waals surface area contributed by atoms with Crippen molar-refractivity contribution in [2.75, 3.05) is 27.2 Å². The van der Waals surface area contributed by atoms with Crippen LogP contribution >= 0.6 is 11.3 Å². The number of benzene rings is 1. The van der Waals surface area contributed by atoms with Crippen molar-refractivity contribution in [3.05, 3.63) is 52.0 Å². The third-order valence-corrected chi connectivity index (χ3v) is 5.38. The molecule has 0 bridgehead atoms. The highest BCUT2D eigenvalue weighted by Crippen LogP contribution is 2.29. The maximum absolute atomic E-state index is 13.0. The highest BCUT2D eigenvalue weighted by atomic mass is 32.1. The zero-order valence-electron chi connectivity index (χ0n) is 15.9. The molecule has 1 aliphatic rings. The van der Waals surface area contributed by atoms with Crippen molar-refractivity contribution in [3.63, 3.8) is 0 Å². The summed E-state index contributed by atoms with van der Waals surface area (Å²) in [5.41, 5.74) is 1.66.